The molecule has 0 fully saturated rings. The van der Waals surface area contributed by atoms with Crippen LogP contribution in [0.5, 0.6) is 0 Å². The van der Waals surface area contributed by atoms with Crippen molar-refractivity contribution in [2.24, 2.45) is 0 Å². The molecule has 4 heteroatoms. The third kappa shape index (κ3) is 6.55. The van der Waals surface area contributed by atoms with Crippen molar-refractivity contribution in [1.82, 2.24) is 0 Å². The van der Waals surface area contributed by atoms with Crippen LogP contribution in [-0.2, 0) is 0 Å². The number of unbranched alkanes of at least 4 members (excludes halogenated alkanes) is 3. The van der Waals surface area contributed by atoms with Crippen molar-refractivity contribution in [3.05, 3.63) is 60.7 Å². The predicted molar refractivity (Wildman–Crippen MR) is 106 cm³/mol. The Balaban J connectivity index is 1.56. The highest BCUT2D eigenvalue weighted by molar-refractivity contribution is 7.90. The van der Waals surface area contributed by atoms with Crippen molar-refractivity contribution in [1.29, 1.82) is 0 Å². The van der Waals surface area contributed by atoms with Crippen LogP contribution in [0.4, 0.5) is 0 Å². The van der Waals surface area contributed by atoms with E-state index in [1.165, 1.54) is 36.3 Å². The summed E-state index contributed by atoms with van der Waals surface area (Å²) in [6.45, 7) is 0. The Labute approximate surface area is 146 Å². The molecule has 0 nitrogen and oxygen atoms in total. The summed E-state index contributed by atoms with van der Waals surface area (Å²) in [4.78, 5) is 0. The first kappa shape index (κ1) is 18.2. The normalized spacial score (nSPS) is 13.7. The van der Waals surface area contributed by atoms with E-state index in [1.807, 2.05) is 12.1 Å². The van der Waals surface area contributed by atoms with Gasteiger partial charge in [-0.15, -0.1) is 0 Å². The molecule has 0 aliphatic rings. The maximum Gasteiger partial charge on any atom is 0.0212 e. The summed E-state index contributed by atoms with van der Waals surface area (Å²) >= 11 is 13.0. The Morgan fingerprint density at radius 1 is 0.545 bits per heavy atom. The molecule has 0 N–H and O–H groups in total. The maximum atomic E-state index is 6.50. The molecular formula is C18H22Cl2P2. The minimum Gasteiger partial charge on any atom is -0.0912 e. The van der Waals surface area contributed by atoms with Crippen molar-refractivity contribution in [2.75, 3.05) is 12.3 Å². The molecule has 2 atom stereocenters. The van der Waals surface area contributed by atoms with Crippen LogP contribution in [0, 0.1) is 0 Å². The van der Waals surface area contributed by atoms with Crippen LogP contribution in [0.25, 0.3) is 0 Å². The molecule has 0 radical (unpaired) electrons. The second-order valence-electron chi connectivity index (χ2n) is 5.26. The van der Waals surface area contributed by atoms with E-state index in [1.54, 1.807) is 0 Å². The summed E-state index contributed by atoms with van der Waals surface area (Å²) in [5, 5.41) is 2.60. The maximum absolute atomic E-state index is 6.50. The molecule has 2 rings (SSSR count). The van der Waals surface area contributed by atoms with Gasteiger partial charge in [0.15, 0.2) is 0 Å². The van der Waals surface area contributed by atoms with Crippen molar-refractivity contribution >= 4 is 47.6 Å². The molecule has 0 heterocycles. The molecule has 2 aromatic rings. The lowest BCUT2D eigenvalue weighted by Crippen LogP contribution is -1.99. The van der Waals surface area contributed by atoms with Gasteiger partial charge >= 0.3 is 0 Å². The minimum absolute atomic E-state index is 0.495. The van der Waals surface area contributed by atoms with E-state index >= 15 is 0 Å². The van der Waals surface area contributed by atoms with Crippen molar-refractivity contribution in [2.45, 2.75) is 25.7 Å². The van der Waals surface area contributed by atoms with Crippen LogP contribution in [0.1, 0.15) is 25.7 Å². The fraction of sp³-hybridized carbons (Fsp3) is 0.333. The summed E-state index contributed by atoms with van der Waals surface area (Å²) < 4.78 is 0. The van der Waals surface area contributed by atoms with Crippen LogP contribution < -0.4 is 10.6 Å². The Kier molecular flexibility index (Phi) is 8.79. The third-order valence-corrected chi connectivity index (χ3v) is 8.85. The number of hydrogen-bond acceptors (Lipinski definition) is 0. The summed E-state index contributed by atoms with van der Waals surface area (Å²) in [6.07, 6.45) is 7.19. The van der Waals surface area contributed by atoms with Crippen LogP contribution in [0.3, 0.4) is 0 Å². The van der Waals surface area contributed by atoms with E-state index in [2.05, 4.69) is 48.5 Å². The molecule has 2 aromatic carbocycles. The third-order valence-electron chi connectivity index (χ3n) is 3.53. The summed E-state index contributed by atoms with van der Waals surface area (Å²) in [5.74, 6) is 0. The number of rotatable bonds is 9. The van der Waals surface area contributed by atoms with Crippen LogP contribution >= 0.6 is 37.0 Å². The first-order valence-corrected chi connectivity index (χ1v) is 12.6. The summed E-state index contributed by atoms with van der Waals surface area (Å²) in [7, 11) is -0.990. The van der Waals surface area contributed by atoms with E-state index in [4.69, 9.17) is 22.5 Å². The largest absolute Gasteiger partial charge is 0.0912 e. The zero-order valence-electron chi connectivity index (χ0n) is 12.7. The lowest BCUT2D eigenvalue weighted by atomic mass is 10.2. The van der Waals surface area contributed by atoms with Gasteiger partial charge < -0.3 is 0 Å². The van der Waals surface area contributed by atoms with Gasteiger partial charge in [0.2, 0.25) is 0 Å². The Morgan fingerprint density at radius 3 is 1.27 bits per heavy atom. The molecule has 0 saturated heterocycles. The van der Waals surface area contributed by atoms with Crippen molar-refractivity contribution in [3.63, 3.8) is 0 Å². The molecule has 0 aliphatic heterocycles. The van der Waals surface area contributed by atoms with Gasteiger partial charge in [-0.25, -0.2) is 0 Å². The molecular weight excluding hydrogens is 349 g/mol. The van der Waals surface area contributed by atoms with Gasteiger partial charge in [0.05, 0.1) is 0 Å². The topological polar surface area (TPSA) is 0 Å². The zero-order chi connectivity index (χ0) is 15.6. The monoisotopic (exact) mass is 370 g/mol. The molecule has 0 bridgehead atoms. The van der Waals surface area contributed by atoms with Gasteiger partial charge in [-0.2, -0.15) is 0 Å². The van der Waals surface area contributed by atoms with E-state index in [0.29, 0.717) is 0 Å². The van der Waals surface area contributed by atoms with E-state index < -0.39 is 14.5 Å². The fourth-order valence-electron chi connectivity index (χ4n) is 2.29. The van der Waals surface area contributed by atoms with E-state index in [0.717, 1.165) is 12.3 Å². The average Bonchev–Trinajstić information content (AvgIpc) is 2.59. The van der Waals surface area contributed by atoms with E-state index in [9.17, 15) is 0 Å². The van der Waals surface area contributed by atoms with Crippen LogP contribution in [0.15, 0.2) is 60.7 Å². The van der Waals surface area contributed by atoms with Gasteiger partial charge in [-0.05, 0) is 35.8 Å². The highest BCUT2D eigenvalue weighted by Gasteiger charge is 2.08. The Bertz CT molecular complexity index is 470. The second kappa shape index (κ2) is 10.6. The number of hydrogen-bond donors (Lipinski definition) is 0. The SMILES string of the molecule is ClP(CCCCCCP(Cl)c1ccccc1)c1ccccc1. The van der Waals surface area contributed by atoms with Crippen molar-refractivity contribution in [3.8, 4) is 0 Å². The minimum atomic E-state index is -0.495. The fourth-order valence-corrected chi connectivity index (χ4v) is 6.20. The molecule has 118 valence electrons. The molecule has 0 aliphatic carbocycles. The number of benzene rings is 2. The molecule has 22 heavy (non-hydrogen) atoms. The zero-order valence-corrected chi connectivity index (χ0v) is 16.0. The standard InChI is InChI=1S/C18H22Cl2P2/c19-21(17-11-5-3-6-12-17)15-9-1-2-10-16-22(20)18-13-7-4-8-14-18/h3-8,11-14H,1-2,9-10,15-16H2. The van der Waals surface area contributed by atoms with Crippen molar-refractivity contribution < 1.29 is 0 Å². The van der Waals surface area contributed by atoms with Crippen LogP contribution in [-0.4, -0.2) is 12.3 Å². The van der Waals surface area contributed by atoms with Crippen LogP contribution in [0.2, 0.25) is 0 Å². The average molecular weight is 371 g/mol. The van der Waals surface area contributed by atoms with Gasteiger partial charge in [-0.3, -0.25) is 0 Å². The lowest BCUT2D eigenvalue weighted by Gasteiger charge is -2.11. The lowest BCUT2D eigenvalue weighted by molar-refractivity contribution is 0.709. The quantitative estimate of drug-likeness (QED) is 0.350. The summed E-state index contributed by atoms with van der Waals surface area (Å²) in [6, 6.07) is 20.9. The van der Waals surface area contributed by atoms with Gasteiger partial charge in [0, 0.05) is 14.5 Å². The molecule has 0 aromatic heterocycles. The highest BCUT2D eigenvalue weighted by atomic mass is 35.7. The Hall–Kier alpha value is -0.120. The highest BCUT2D eigenvalue weighted by Crippen LogP contribution is 2.42. The van der Waals surface area contributed by atoms with Gasteiger partial charge in [0.1, 0.15) is 0 Å². The van der Waals surface area contributed by atoms with Gasteiger partial charge in [0.25, 0.3) is 0 Å². The smallest absolute Gasteiger partial charge is 0.0212 e. The molecule has 0 spiro atoms. The van der Waals surface area contributed by atoms with Gasteiger partial charge in [-0.1, -0.05) is 96.0 Å². The predicted octanol–water partition coefficient (Wildman–Crippen LogP) is 6.47. The molecule has 0 amide bonds. The first-order valence-electron chi connectivity index (χ1n) is 7.74. The molecule has 0 saturated carbocycles. The first-order chi connectivity index (χ1) is 10.8. The Morgan fingerprint density at radius 2 is 0.909 bits per heavy atom. The second-order valence-corrected chi connectivity index (χ2v) is 11.1. The van der Waals surface area contributed by atoms with E-state index in [-0.39, 0.29) is 0 Å². The molecule has 2 unspecified atom stereocenters. The summed E-state index contributed by atoms with van der Waals surface area (Å²) in [5.41, 5.74) is 0. The number of halogens is 2.